The van der Waals surface area contributed by atoms with E-state index in [1.807, 2.05) is 25.3 Å². The minimum Gasteiger partial charge on any atom is -0.285 e. The highest BCUT2D eigenvalue weighted by Crippen LogP contribution is 2.41. The van der Waals surface area contributed by atoms with Crippen molar-refractivity contribution >= 4 is 6.29 Å². The molecule has 61 valence electrons. The van der Waals surface area contributed by atoms with E-state index < -0.39 is 0 Å². The lowest BCUT2D eigenvalue weighted by Crippen LogP contribution is -1.92. The summed E-state index contributed by atoms with van der Waals surface area (Å²) < 4.78 is 0. The van der Waals surface area contributed by atoms with Crippen LogP contribution in [0, 0.1) is 6.92 Å². The average molecular weight is 159 g/mol. The standard InChI is InChI=1S/C11H11O/c1-8-10(7-12)3-2-4-11(8)9-5-6-9/h2-4,9H,5-6H2,1H3. The van der Waals surface area contributed by atoms with Crippen LogP contribution in [0.5, 0.6) is 0 Å². The monoisotopic (exact) mass is 159 g/mol. The van der Waals surface area contributed by atoms with Crippen molar-refractivity contribution in [2.75, 3.05) is 0 Å². The van der Waals surface area contributed by atoms with Crippen LogP contribution in [0.2, 0.25) is 0 Å². The van der Waals surface area contributed by atoms with E-state index >= 15 is 0 Å². The van der Waals surface area contributed by atoms with Crippen LogP contribution in [0.4, 0.5) is 0 Å². The molecule has 1 aromatic rings. The van der Waals surface area contributed by atoms with Gasteiger partial charge in [0.25, 0.3) is 0 Å². The fraction of sp³-hybridized carbons (Fsp3) is 0.364. The molecule has 1 fully saturated rings. The first-order valence-electron chi connectivity index (χ1n) is 4.30. The lowest BCUT2D eigenvalue weighted by Gasteiger charge is -2.04. The van der Waals surface area contributed by atoms with E-state index in [1.54, 1.807) is 0 Å². The number of hydrogen-bond acceptors (Lipinski definition) is 1. The van der Waals surface area contributed by atoms with Crippen LogP contribution in [0.3, 0.4) is 0 Å². The lowest BCUT2D eigenvalue weighted by molar-refractivity contribution is 0.562. The second kappa shape index (κ2) is 2.74. The molecule has 0 aromatic heterocycles. The fourth-order valence-corrected chi connectivity index (χ4v) is 1.60. The third kappa shape index (κ3) is 1.15. The molecule has 0 aliphatic heterocycles. The van der Waals surface area contributed by atoms with Gasteiger partial charge in [-0.25, -0.2) is 0 Å². The molecule has 0 bridgehead atoms. The summed E-state index contributed by atoms with van der Waals surface area (Å²) in [5.41, 5.74) is 3.19. The second-order valence-corrected chi connectivity index (χ2v) is 3.40. The van der Waals surface area contributed by atoms with Gasteiger partial charge in [-0.05, 0) is 36.8 Å². The maximum Gasteiger partial charge on any atom is 0.233 e. The van der Waals surface area contributed by atoms with E-state index in [4.69, 9.17) is 0 Å². The Hall–Kier alpha value is -1.11. The molecule has 0 heterocycles. The predicted octanol–water partition coefficient (Wildman–Crippen LogP) is 2.33. The molecule has 0 N–H and O–H groups in total. The minimum atomic E-state index is 0.721. The minimum absolute atomic E-state index is 0.721. The lowest BCUT2D eigenvalue weighted by atomic mass is 10.00. The molecule has 0 atom stereocenters. The van der Waals surface area contributed by atoms with Crippen molar-refractivity contribution in [1.29, 1.82) is 0 Å². The summed E-state index contributed by atoms with van der Waals surface area (Å²) in [5.74, 6) is 0.721. The Morgan fingerprint density at radius 3 is 2.75 bits per heavy atom. The van der Waals surface area contributed by atoms with E-state index in [0.717, 1.165) is 17.0 Å². The highest BCUT2D eigenvalue weighted by atomic mass is 16.1. The molecule has 1 heteroatoms. The Balaban J connectivity index is 2.47. The van der Waals surface area contributed by atoms with Gasteiger partial charge in [-0.15, -0.1) is 0 Å². The summed E-state index contributed by atoms with van der Waals surface area (Å²) in [6.45, 7) is 2.01. The predicted molar refractivity (Wildman–Crippen MR) is 47.9 cm³/mol. The second-order valence-electron chi connectivity index (χ2n) is 3.40. The zero-order valence-corrected chi connectivity index (χ0v) is 7.13. The first-order valence-corrected chi connectivity index (χ1v) is 4.30. The summed E-state index contributed by atoms with van der Waals surface area (Å²) in [5, 5.41) is 0. The molecule has 1 radical (unpaired) electrons. The summed E-state index contributed by atoms with van der Waals surface area (Å²) in [6, 6.07) is 5.89. The third-order valence-electron chi connectivity index (χ3n) is 2.50. The first kappa shape index (κ1) is 7.53. The van der Waals surface area contributed by atoms with Crippen molar-refractivity contribution < 1.29 is 4.79 Å². The van der Waals surface area contributed by atoms with Crippen LogP contribution in [0.1, 0.15) is 35.4 Å². The molecule has 1 aromatic carbocycles. The van der Waals surface area contributed by atoms with Crippen molar-refractivity contribution in [2.24, 2.45) is 0 Å². The Kier molecular flexibility index (Phi) is 1.72. The van der Waals surface area contributed by atoms with Crippen LogP contribution in [-0.4, -0.2) is 6.29 Å². The zero-order valence-electron chi connectivity index (χ0n) is 7.13. The van der Waals surface area contributed by atoms with Gasteiger partial charge in [0.1, 0.15) is 0 Å². The summed E-state index contributed by atoms with van der Waals surface area (Å²) in [4.78, 5) is 10.5. The van der Waals surface area contributed by atoms with E-state index in [-0.39, 0.29) is 0 Å². The molecule has 1 nitrogen and oxygen atoms in total. The first-order chi connectivity index (χ1) is 5.83. The topological polar surface area (TPSA) is 17.1 Å². The number of benzene rings is 1. The Labute approximate surface area is 72.4 Å². The maximum absolute atomic E-state index is 10.5. The summed E-state index contributed by atoms with van der Waals surface area (Å²) in [7, 11) is 0. The zero-order chi connectivity index (χ0) is 8.55. The van der Waals surface area contributed by atoms with Crippen molar-refractivity contribution in [3.63, 3.8) is 0 Å². The number of carbonyl (C=O) groups excluding carboxylic acids is 1. The smallest absolute Gasteiger partial charge is 0.233 e. The van der Waals surface area contributed by atoms with E-state index in [1.165, 1.54) is 18.4 Å². The molecule has 2 rings (SSSR count). The van der Waals surface area contributed by atoms with Crippen molar-refractivity contribution in [1.82, 2.24) is 0 Å². The molecule has 1 saturated carbocycles. The molecular weight excluding hydrogens is 148 g/mol. The van der Waals surface area contributed by atoms with Gasteiger partial charge in [0, 0.05) is 5.56 Å². The highest BCUT2D eigenvalue weighted by molar-refractivity contribution is 5.78. The van der Waals surface area contributed by atoms with Crippen molar-refractivity contribution in [3.05, 3.63) is 34.9 Å². The van der Waals surface area contributed by atoms with Crippen LogP contribution >= 0.6 is 0 Å². The molecular formula is C11H11O. The van der Waals surface area contributed by atoms with Crippen molar-refractivity contribution in [3.8, 4) is 0 Å². The molecule has 1 aliphatic rings. The van der Waals surface area contributed by atoms with Crippen LogP contribution in [-0.2, 0) is 4.79 Å². The molecule has 0 spiro atoms. The Morgan fingerprint density at radius 2 is 2.17 bits per heavy atom. The van der Waals surface area contributed by atoms with Gasteiger partial charge in [0.05, 0.1) is 0 Å². The van der Waals surface area contributed by atoms with Gasteiger partial charge >= 0.3 is 0 Å². The largest absolute Gasteiger partial charge is 0.285 e. The number of rotatable bonds is 2. The van der Waals surface area contributed by atoms with Gasteiger partial charge in [-0.3, -0.25) is 4.79 Å². The van der Waals surface area contributed by atoms with E-state index in [2.05, 4.69) is 6.07 Å². The van der Waals surface area contributed by atoms with Gasteiger partial charge in [0.2, 0.25) is 6.29 Å². The van der Waals surface area contributed by atoms with E-state index in [9.17, 15) is 4.79 Å². The summed E-state index contributed by atoms with van der Waals surface area (Å²) >= 11 is 0. The van der Waals surface area contributed by atoms with Crippen LogP contribution < -0.4 is 0 Å². The van der Waals surface area contributed by atoms with Gasteiger partial charge in [-0.1, -0.05) is 18.2 Å². The summed E-state index contributed by atoms with van der Waals surface area (Å²) in [6.07, 6.45) is 4.53. The fourth-order valence-electron chi connectivity index (χ4n) is 1.60. The normalized spacial score (nSPS) is 16.1. The Morgan fingerprint density at radius 1 is 1.42 bits per heavy atom. The van der Waals surface area contributed by atoms with E-state index in [0.29, 0.717) is 0 Å². The highest BCUT2D eigenvalue weighted by Gasteiger charge is 2.25. The van der Waals surface area contributed by atoms with Crippen LogP contribution in [0.25, 0.3) is 0 Å². The van der Waals surface area contributed by atoms with Crippen LogP contribution in [0.15, 0.2) is 18.2 Å². The quantitative estimate of drug-likeness (QED) is 0.647. The average Bonchev–Trinajstić information content (AvgIpc) is 2.88. The molecule has 0 saturated heterocycles. The Bertz CT molecular complexity index is 311. The third-order valence-corrected chi connectivity index (χ3v) is 2.50. The van der Waals surface area contributed by atoms with Gasteiger partial charge < -0.3 is 0 Å². The molecule has 0 amide bonds. The molecule has 12 heavy (non-hydrogen) atoms. The SMILES string of the molecule is Cc1c([C]=O)cccc1C1CC1. The van der Waals surface area contributed by atoms with Gasteiger partial charge in [0.15, 0.2) is 0 Å². The number of hydrogen-bond donors (Lipinski definition) is 0. The maximum atomic E-state index is 10.5. The van der Waals surface area contributed by atoms with Crippen molar-refractivity contribution in [2.45, 2.75) is 25.7 Å². The molecule has 0 unspecified atom stereocenters. The van der Waals surface area contributed by atoms with Gasteiger partial charge in [-0.2, -0.15) is 0 Å². The molecule has 1 aliphatic carbocycles.